The molecule has 0 unspecified atom stereocenters. The van der Waals surface area contributed by atoms with Crippen LogP contribution >= 0.6 is 0 Å². The summed E-state index contributed by atoms with van der Waals surface area (Å²) in [5.74, 6) is 5.26. The zero-order valence-corrected chi connectivity index (χ0v) is 14.7. The Hall–Kier alpha value is -3.32. The molecule has 0 atom stereocenters. The van der Waals surface area contributed by atoms with Crippen LogP contribution in [0.3, 0.4) is 0 Å². The van der Waals surface area contributed by atoms with E-state index in [-0.39, 0.29) is 11.0 Å². The molecule has 0 spiro atoms. The predicted octanol–water partition coefficient (Wildman–Crippen LogP) is 3.55. The molecule has 26 heavy (non-hydrogen) atoms. The first-order valence-corrected chi connectivity index (χ1v) is 8.31. The smallest absolute Gasteiger partial charge is 0.335 e. The average Bonchev–Trinajstić information content (AvgIpc) is 2.63. The van der Waals surface area contributed by atoms with E-state index in [4.69, 9.17) is 5.11 Å². The van der Waals surface area contributed by atoms with Gasteiger partial charge in [0.2, 0.25) is 6.41 Å². The number of carboxylic acid groups (broad SMARTS) is 1. The lowest BCUT2D eigenvalue weighted by molar-refractivity contribution is -0.108. The predicted molar refractivity (Wildman–Crippen MR) is 101 cm³/mol. The summed E-state index contributed by atoms with van der Waals surface area (Å²) < 4.78 is 0. The maximum atomic E-state index is 10.9. The van der Waals surface area contributed by atoms with E-state index in [1.54, 1.807) is 24.3 Å². The van der Waals surface area contributed by atoms with Crippen LogP contribution in [0.4, 0.5) is 0 Å². The van der Waals surface area contributed by atoms with Gasteiger partial charge in [-0.3, -0.25) is 4.79 Å². The van der Waals surface area contributed by atoms with Crippen LogP contribution in [0.2, 0.25) is 0 Å². The monoisotopic (exact) mass is 345 g/mol. The van der Waals surface area contributed by atoms with Crippen molar-refractivity contribution in [3.05, 3.63) is 76.4 Å². The summed E-state index contributed by atoms with van der Waals surface area (Å²) in [4.78, 5) is 21.7. The molecule has 0 radical (unpaired) electrons. The third-order valence-electron chi connectivity index (χ3n) is 4.55. The summed E-state index contributed by atoms with van der Waals surface area (Å²) in [5, 5.41) is 11.7. The summed E-state index contributed by atoms with van der Waals surface area (Å²) in [6.45, 7) is 4.34. The van der Waals surface area contributed by atoms with Crippen LogP contribution in [0.5, 0.6) is 0 Å². The first-order valence-electron chi connectivity index (χ1n) is 8.31. The summed E-state index contributed by atoms with van der Waals surface area (Å²) >= 11 is 0. The Morgan fingerprint density at radius 1 is 1.12 bits per heavy atom. The standard InChI is InChI=1S/C22H19NO3/c1-22(2)12-11-20(23-14-24)18-10-7-16(13-19(18)22)4-3-15-5-8-17(9-6-15)21(25)26/h5-11,13-14H,12H2,1-2H3,(H,23,24)(H,25,26). The highest BCUT2D eigenvalue weighted by Crippen LogP contribution is 2.38. The maximum absolute atomic E-state index is 10.9. The highest BCUT2D eigenvalue weighted by atomic mass is 16.4. The van der Waals surface area contributed by atoms with Crippen molar-refractivity contribution in [2.75, 3.05) is 0 Å². The molecule has 0 saturated carbocycles. The van der Waals surface area contributed by atoms with Crippen molar-refractivity contribution >= 4 is 18.1 Å². The van der Waals surface area contributed by atoms with E-state index in [0.717, 1.165) is 34.4 Å². The minimum Gasteiger partial charge on any atom is -0.478 e. The molecule has 0 aromatic heterocycles. The fourth-order valence-corrected chi connectivity index (χ4v) is 3.03. The number of benzene rings is 2. The number of rotatable bonds is 3. The van der Waals surface area contributed by atoms with Crippen LogP contribution in [-0.4, -0.2) is 17.5 Å². The van der Waals surface area contributed by atoms with Gasteiger partial charge in [-0.05, 0) is 53.8 Å². The molecule has 2 aromatic rings. The highest BCUT2D eigenvalue weighted by molar-refractivity contribution is 5.87. The Morgan fingerprint density at radius 2 is 1.77 bits per heavy atom. The van der Waals surface area contributed by atoms with Crippen molar-refractivity contribution in [1.29, 1.82) is 0 Å². The first-order chi connectivity index (χ1) is 12.4. The Balaban J connectivity index is 1.93. The number of aromatic carboxylic acids is 1. The van der Waals surface area contributed by atoms with E-state index >= 15 is 0 Å². The zero-order valence-electron chi connectivity index (χ0n) is 14.7. The van der Waals surface area contributed by atoms with Gasteiger partial charge < -0.3 is 10.4 Å². The Morgan fingerprint density at radius 3 is 2.42 bits per heavy atom. The molecule has 0 aliphatic heterocycles. The van der Waals surface area contributed by atoms with E-state index in [1.807, 2.05) is 18.2 Å². The summed E-state index contributed by atoms with van der Waals surface area (Å²) in [5.41, 5.74) is 4.85. The van der Waals surface area contributed by atoms with E-state index in [2.05, 4.69) is 37.1 Å². The molecule has 130 valence electrons. The van der Waals surface area contributed by atoms with Gasteiger partial charge >= 0.3 is 5.97 Å². The lowest BCUT2D eigenvalue weighted by Crippen LogP contribution is -2.25. The Labute approximate surface area is 152 Å². The molecular formula is C22H19NO3. The SMILES string of the molecule is CC1(C)CC=C(NC=O)c2ccc(C#Cc3ccc(C(=O)O)cc3)cc21. The molecule has 4 nitrogen and oxygen atoms in total. The molecule has 4 heteroatoms. The van der Waals surface area contributed by atoms with Gasteiger partial charge in [0.05, 0.1) is 5.56 Å². The van der Waals surface area contributed by atoms with Crippen molar-refractivity contribution in [3.63, 3.8) is 0 Å². The van der Waals surface area contributed by atoms with Crippen LogP contribution in [0.15, 0.2) is 48.5 Å². The molecule has 3 rings (SSSR count). The second kappa shape index (κ2) is 6.89. The van der Waals surface area contributed by atoms with Crippen molar-refractivity contribution in [1.82, 2.24) is 5.32 Å². The second-order valence-electron chi connectivity index (χ2n) is 6.86. The van der Waals surface area contributed by atoms with Crippen LogP contribution in [0.1, 0.15) is 52.9 Å². The molecule has 0 fully saturated rings. The molecule has 2 N–H and O–H groups in total. The molecule has 0 bridgehead atoms. The van der Waals surface area contributed by atoms with Crippen LogP contribution < -0.4 is 5.32 Å². The third-order valence-corrected chi connectivity index (χ3v) is 4.55. The minimum atomic E-state index is -0.950. The molecule has 1 amide bonds. The number of hydrogen-bond donors (Lipinski definition) is 2. The number of hydrogen-bond acceptors (Lipinski definition) is 2. The zero-order chi connectivity index (χ0) is 18.7. The van der Waals surface area contributed by atoms with Gasteiger partial charge in [0.25, 0.3) is 0 Å². The average molecular weight is 345 g/mol. The van der Waals surface area contributed by atoms with E-state index in [1.165, 1.54) is 0 Å². The van der Waals surface area contributed by atoms with E-state index in [0.29, 0.717) is 6.41 Å². The summed E-state index contributed by atoms with van der Waals surface area (Å²) in [7, 11) is 0. The second-order valence-corrected chi connectivity index (χ2v) is 6.86. The topological polar surface area (TPSA) is 66.4 Å². The van der Waals surface area contributed by atoms with Crippen molar-refractivity contribution < 1.29 is 14.7 Å². The summed E-state index contributed by atoms with van der Waals surface area (Å²) in [6.07, 6.45) is 3.58. The highest BCUT2D eigenvalue weighted by Gasteiger charge is 2.28. The number of carboxylic acids is 1. The first kappa shape index (κ1) is 17.5. The molecule has 1 aliphatic carbocycles. The van der Waals surface area contributed by atoms with Crippen LogP contribution in [0.25, 0.3) is 5.70 Å². The van der Waals surface area contributed by atoms with Crippen molar-refractivity contribution in [2.24, 2.45) is 0 Å². The molecule has 1 aliphatic rings. The number of fused-ring (bicyclic) bond motifs is 1. The van der Waals surface area contributed by atoms with Gasteiger partial charge in [0.1, 0.15) is 0 Å². The Bertz CT molecular complexity index is 957. The summed E-state index contributed by atoms with van der Waals surface area (Å²) in [6, 6.07) is 12.5. The number of allylic oxidation sites excluding steroid dienone is 1. The van der Waals surface area contributed by atoms with Gasteiger partial charge in [-0.1, -0.05) is 37.8 Å². The lowest BCUT2D eigenvalue weighted by atomic mass is 9.74. The van der Waals surface area contributed by atoms with Crippen molar-refractivity contribution in [3.8, 4) is 11.8 Å². The van der Waals surface area contributed by atoms with Crippen LogP contribution in [0, 0.1) is 11.8 Å². The number of carbonyl (C=O) groups is 2. The van der Waals surface area contributed by atoms with Gasteiger partial charge in [-0.25, -0.2) is 4.79 Å². The van der Waals surface area contributed by atoms with Crippen LogP contribution in [-0.2, 0) is 10.2 Å². The molecular weight excluding hydrogens is 326 g/mol. The molecule has 0 saturated heterocycles. The Kier molecular flexibility index (Phi) is 4.64. The van der Waals surface area contributed by atoms with Crippen molar-refractivity contribution in [2.45, 2.75) is 25.7 Å². The lowest BCUT2D eigenvalue weighted by Gasteiger charge is -2.31. The van der Waals surface area contributed by atoms with E-state index in [9.17, 15) is 9.59 Å². The number of amides is 1. The van der Waals surface area contributed by atoms with Gasteiger partial charge in [-0.15, -0.1) is 0 Å². The fourth-order valence-electron chi connectivity index (χ4n) is 3.03. The number of nitrogens with one attached hydrogen (secondary N) is 1. The largest absolute Gasteiger partial charge is 0.478 e. The normalized spacial score (nSPS) is 14.3. The number of carbonyl (C=O) groups excluding carboxylic acids is 1. The molecule has 2 aromatic carbocycles. The fraction of sp³-hybridized carbons (Fsp3) is 0.182. The third kappa shape index (κ3) is 3.52. The minimum absolute atomic E-state index is 0.0375. The molecule has 0 heterocycles. The maximum Gasteiger partial charge on any atom is 0.335 e. The van der Waals surface area contributed by atoms with Gasteiger partial charge in [0.15, 0.2) is 0 Å². The quantitative estimate of drug-likeness (QED) is 0.660. The van der Waals surface area contributed by atoms with E-state index < -0.39 is 5.97 Å². The van der Waals surface area contributed by atoms with Gasteiger partial charge in [-0.2, -0.15) is 0 Å². The van der Waals surface area contributed by atoms with Gasteiger partial charge in [0, 0.05) is 22.4 Å².